The zero-order chi connectivity index (χ0) is 19.4. The van der Waals surface area contributed by atoms with Gasteiger partial charge < -0.3 is 4.74 Å². The molecule has 6 heteroatoms. The van der Waals surface area contributed by atoms with Crippen LogP contribution in [0.15, 0.2) is 30.3 Å². The zero-order valence-corrected chi connectivity index (χ0v) is 17.3. The number of halogens is 1. The van der Waals surface area contributed by atoms with Crippen molar-refractivity contribution in [1.82, 2.24) is 4.98 Å². The van der Waals surface area contributed by atoms with E-state index in [0.29, 0.717) is 15.9 Å². The number of rotatable bonds is 7. The van der Waals surface area contributed by atoms with Crippen molar-refractivity contribution in [2.24, 2.45) is 0 Å². The quantitative estimate of drug-likeness (QED) is 0.533. The Balaban J connectivity index is 1.64. The van der Waals surface area contributed by atoms with E-state index in [4.69, 9.17) is 16.3 Å². The van der Waals surface area contributed by atoms with Crippen LogP contribution in [-0.2, 0) is 11.2 Å². The molecule has 3 rings (SSSR count). The number of carbonyl (C=O) groups is 1. The lowest BCUT2D eigenvalue weighted by Crippen LogP contribution is -2.20. The van der Waals surface area contributed by atoms with E-state index in [9.17, 15) is 4.79 Å². The predicted molar refractivity (Wildman–Crippen MR) is 113 cm³/mol. The van der Waals surface area contributed by atoms with Gasteiger partial charge in [0, 0.05) is 0 Å². The summed E-state index contributed by atoms with van der Waals surface area (Å²) < 4.78 is 6.71. The highest BCUT2D eigenvalue weighted by molar-refractivity contribution is 7.22. The molecule has 3 aromatic rings. The van der Waals surface area contributed by atoms with E-state index in [1.807, 2.05) is 32.0 Å². The van der Waals surface area contributed by atoms with Crippen molar-refractivity contribution in [2.75, 3.05) is 11.9 Å². The lowest BCUT2D eigenvalue weighted by atomic mass is 10.1. The van der Waals surface area contributed by atoms with Gasteiger partial charge in [-0.3, -0.25) is 10.1 Å². The lowest BCUT2D eigenvalue weighted by Gasteiger charge is -2.11. The average Bonchev–Trinajstić information content (AvgIpc) is 3.00. The van der Waals surface area contributed by atoms with Crippen LogP contribution in [0.3, 0.4) is 0 Å². The molecule has 1 N–H and O–H groups in total. The monoisotopic (exact) mass is 402 g/mol. The number of hydrogen-bond donors (Lipinski definition) is 1. The van der Waals surface area contributed by atoms with Gasteiger partial charge in [0.2, 0.25) is 0 Å². The summed E-state index contributed by atoms with van der Waals surface area (Å²) in [5.74, 6) is 0.290. The highest BCUT2D eigenvalue weighted by Crippen LogP contribution is 2.30. The van der Waals surface area contributed by atoms with Crippen molar-refractivity contribution in [3.8, 4) is 5.75 Å². The number of aryl methyl sites for hydroxylation is 3. The third kappa shape index (κ3) is 4.99. The maximum Gasteiger partial charge on any atom is 0.264 e. The summed E-state index contributed by atoms with van der Waals surface area (Å²) in [7, 11) is 0. The Hall–Kier alpha value is -2.11. The molecule has 0 unspecified atom stereocenters. The number of carbonyl (C=O) groups excluding carboxylic acids is 1. The van der Waals surface area contributed by atoms with Gasteiger partial charge in [0.05, 0.1) is 15.2 Å². The van der Waals surface area contributed by atoms with E-state index in [-0.39, 0.29) is 12.5 Å². The fourth-order valence-electron chi connectivity index (χ4n) is 2.94. The Morgan fingerprint density at radius 2 is 2.07 bits per heavy atom. The molecule has 27 heavy (non-hydrogen) atoms. The summed E-state index contributed by atoms with van der Waals surface area (Å²) in [6.45, 7) is 5.96. The Bertz CT molecular complexity index is 945. The van der Waals surface area contributed by atoms with E-state index in [2.05, 4.69) is 29.4 Å². The predicted octanol–water partition coefficient (Wildman–Crippen LogP) is 5.93. The lowest BCUT2D eigenvalue weighted by molar-refractivity contribution is -0.118. The molecule has 0 atom stereocenters. The Labute approximate surface area is 168 Å². The Kier molecular flexibility index (Phi) is 6.34. The normalized spacial score (nSPS) is 11.0. The second-order valence-electron chi connectivity index (χ2n) is 6.65. The first-order valence-electron chi connectivity index (χ1n) is 9.05. The molecule has 1 heterocycles. The number of nitrogens with one attached hydrogen (secondary N) is 1. The minimum absolute atomic E-state index is 0.110. The standard InChI is InChI=1S/C21H23ClN2O2S/c1-4-5-6-15-7-8-17-18(11-15)27-21(23-17)24-19(25)12-26-20-14(3)9-13(2)10-16(20)22/h7-11H,4-6,12H2,1-3H3,(H,23,24,25). The zero-order valence-electron chi connectivity index (χ0n) is 15.8. The number of fused-ring (bicyclic) bond motifs is 1. The van der Waals surface area contributed by atoms with Crippen molar-refractivity contribution >= 4 is 44.2 Å². The van der Waals surface area contributed by atoms with Crippen LogP contribution >= 0.6 is 22.9 Å². The molecular weight excluding hydrogens is 380 g/mol. The molecule has 0 fully saturated rings. The summed E-state index contributed by atoms with van der Waals surface area (Å²) in [6, 6.07) is 10.1. The number of thiazole rings is 1. The van der Waals surface area contributed by atoms with Crippen molar-refractivity contribution in [1.29, 1.82) is 0 Å². The van der Waals surface area contributed by atoms with Crippen LogP contribution in [0.5, 0.6) is 5.75 Å². The van der Waals surface area contributed by atoms with E-state index in [0.717, 1.165) is 27.8 Å². The molecule has 0 aliphatic rings. The third-order valence-corrected chi connectivity index (χ3v) is 5.45. The number of nitrogens with zero attached hydrogens (tertiary/aromatic N) is 1. The van der Waals surface area contributed by atoms with Crippen molar-refractivity contribution < 1.29 is 9.53 Å². The molecular formula is C21H23ClN2O2S. The number of ether oxygens (including phenoxy) is 1. The van der Waals surface area contributed by atoms with Gasteiger partial charge in [-0.05, 0) is 61.6 Å². The number of benzene rings is 2. The SMILES string of the molecule is CCCCc1ccc2nc(NC(=O)COc3c(C)cc(C)cc3Cl)sc2c1. The summed E-state index contributed by atoms with van der Waals surface area (Å²) in [5, 5.41) is 3.91. The topological polar surface area (TPSA) is 51.2 Å². The van der Waals surface area contributed by atoms with Crippen LogP contribution in [0.1, 0.15) is 36.5 Å². The van der Waals surface area contributed by atoms with Gasteiger partial charge in [0.25, 0.3) is 5.91 Å². The molecule has 0 saturated carbocycles. The molecule has 1 amide bonds. The minimum Gasteiger partial charge on any atom is -0.482 e. The highest BCUT2D eigenvalue weighted by atomic mass is 35.5. The van der Waals surface area contributed by atoms with Gasteiger partial charge >= 0.3 is 0 Å². The average molecular weight is 403 g/mol. The number of anilines is 1. The van der Waals surface area contributed by atoms with Crippen LogP contribution in [0, 0.1) is 13.8 Å². The van der Waals surface area contributed by atoms with Crippen LogP contribution < -0.4 is 10.1 Å². The second kappa shape index (κ2) is 8.72. The molecule has 1 aromatic heterocycles. The first-order valence-corrected chi connectivity index (χ1v) is 10.2. The first-order chi connectivity index (χ1) is 13.0. The smallest absolute Gasteiger partial charge is 0.264 e. The minimum atomic E-state index is -0.253. The van der Waals surface area contributed by atoms with E-state index in [1.165, 1.54) is 29.7 Å². The molecule has 0 bridgehead atoms. The maximum absolute atomic E-state index is 12.2. The molecule has 0 aliphatic carbocycles. The van der Waals surface area contributed by atoms with Gasteiger partial charge in [-0.2, -0.15) is 0 Å². The Morgan fingerprint density at radius 1 is 1.26 bits per heavy atom. The van der Waals surface area contributed by atoms with E-state index >= 15 is 0 Å². The summed E-state index contributed by atoms with van der Waals surface area (Å²) in [6.07, 6.45) is 3.41. The van der Waals surface area contributed by atoms with Crippen LogP contribution in [0.2, 0.25) is 5.02 Å². The second-order valence-corrected chi connectivity index (χ2v) is 8.09. The van der Waals surface area contributed by atoms with Gasteiger partial charge in [-0.15, -0.1) is 0 Å². The summed E-state index contributed by atoms with van der Waals surface area (Å²) >= 11 is 7.69. The number of aromatic nitrogens is 1. The molecule has 0 aliphatic heterocycles. The number of unbranched alkanes of at least 4 members (excludes halogenated alkanes) is 1. The molecule has 0 saturated heterocycles. The van der Waals surface area contributed by atoms with Crippen LogP contribution in [0.25, 0.3) is 10.2 Å². The van der Waals surface area contributed by atoms with Crippen molar-refractivity contribution in [3.05, 3.63) is 52.0 Å². The van der Waals surface area contributed by atoms with E-state index in [1.54, 1.807) is 0 Å². The van der Waals surface area contributed by atoms with Crippen LogP contribution in [0.4, 0.5) is 5.13 Å². The molecule has 0 radical (unpaired) electrons. The highest BCUT2D eigenvalue weighted by Gasteiger charge is 2.12. The fraction of sp³-hybridized carbons (Fsp3) is 0.333. The van der Waals surface area contributed by atoms with Gasteiger partial charge in [-0.25, -0.2) is 4.98 Å². The summed E-state index contributed by atoms with van der Waals surface area (Å²) in [4.78, 5) is 16.7. The van der Waals surface area contributed by atoms with Gasteiger partial charge in [-0.1, -0.05) is 48.4 Å². The summed E-state index contributed by atoms with van der Waals surface area (Å²) in [5.41, 5.74) is 4.17. The number of amides is 1. The largest absolute Gasteiger partial charge is 0.482 e. The van der Waals surface area contributed by atoms with E-state index < -0.39 is 0 Å². The number of hydrogen-bond acceptors (Lipinski definition) is 4. The fourth-order valence-corrected chi connectivity index (χ4v) is 4.26. The van der Waals surface area contributed by atoms with Crippen molar-refractivity contribution in [2.45, 2.75) is 40.0 Å². The molecule has 142 valence electrons. The molecule has 2 aromatic carbocycles. The maximum atomic E-state index is 12.2. The van der Waals surface area contributed by atoms with Crippen molar-refractivity contribution in [3.63, 3.8) is 0 Å². The third-order valence-electron chi connectivity index (χ3n) is 4.24. The van der Waals surface area contributed by atoms with Gasteiger partial charge in [0.15, 0.2) is 11.7 Å². The first kappa shape index (κ1) is 19.6. The van der Waals surface area contributed by atoms with Crippen LogP contribution in [-0.4, -0.2) is 17.5 Å². The van der Waals surface area contributed by atoms with Gasteiger partial charge in [0.1, 0.15) is 5.75 Å². The molecule has 0 spiro atoms. The Morgan fingerprint density at radius 3 is 2.81 bits per heavy atom. The molecule has 4 nitrogen and oxygen atoms in total.